The maximum absolute atomic E-state index is 11.9. The number of hydrogen-bond acceptors (Lipinski definition) is 4. The lowest BCUT2D eigenvalue weighted by molar-refractivity contribution is -0.120. The minimum Gasteiger partial charge on any atom is -0.382 e. The predicted octanol–water partition coefficient (Wildman–Crippen LogP) is 1.63. The van der Waals surface area contributed by atoms with Crippen LogP contribution in [-0.2, 0) is 11.3 Å². The van der Waals surface area contributed by atoms with Crippen LogP contribution < -0.4 is 16.2 Å². The van der Waals surface area contributed by atoms with E-state index in [0.29, 0.717) is 31.7 Å². The summed E-state index contributed by atoms with van der Waals surface area (Å²) < 4.78 is 1.36. The Hall–Kier alpha value is -1.56. The largest absolute Gasteiger partial charge is 0.382 e. The Balaban J connectivity index is 2.61. The molecule has 6 nitrogen and oxygen atoms in total. The number of unbranched alkanes of at least 4 members (excludes halogenated alkanes) is 1. The van der Waals surface area contributed by atoms with E-state index in [2.05, 4.69) is 15.7 Å². The van der Waals surface area contributed by atoms with Gasteiger partial charge in [-0.3, -0.25) is 9.59 Å². The van der Waals surface area contributed by atoms with Crippen molar-refractivity contribution in [1.29, 1.82) is 0 Å². The summed E-state index contributed by atoms with van der Waals surface area (Å²) in [6.07, 6.45) is 3.71. The fourth-order valence-electron chi connectivity index (χ4n) is 1.65. The molecule has 0 unspecified atom stereocenters. The van der Waals surface area contributed by atoms with Crippen LogP contribution in [0.25, 0.3) is 0 Å². The molecule has 0 fully saturated rings. The van der Waals surface area contributed by atoms with Gasteiger partial charge in [-0.1, -0.05) is 24.9 Å². The summed E-state index contributed by atoms with van der Waals surface area (Å²) in [5.41, 5.74) is 0.164. The number of nitrogens with zero attached hydrogens (tertiary/aromatic N) is 2. The smallest absolute Gasteiger partial charge is 0.287 e. The van der Waals surface area contributed by atoms with Gasteiger partial charge in [0.1, 0.15) is 5.02 Å². The molecule has 0 spiro atoms. The van der Waals surface area contributed by atoms with Crippen LogP contribution in [-0.4, -0.2) is 28.8 Å². The number of halogens is 1. The molecule has 1 aromatic rings. The fraction of sp³-hybridized carbons (Fsp3) is 0.615. The zero-order chi connectivity index (χ0) is 15.0. The first-order valence-electron chi connectivity index (χ1n) is 6.86. The van der Waals surface area contributed by atoms with Gasteiger partial charge >= 0.3 is 0 Å². The van der Waals surface area contributed by atoms with E-state index in [1.54, 1.807) is 0 Å². The maximum atomic E-state index is 11.9. The summed E-state index contributed by atoms with van der Waals surface area (Å²) >= 11 is 6.02. The Morgan fingerprint density at radius 1 is 1.45 bits per heavy atom. The van der Waals surface area contributed by atoms with Crippen molar-refractivity contribution < 1.29 is 4.79 Å². The van der Waals surface area contributed by atoms with Gasteiger partial charge in [0.05, 0.1) is 11.9 Å². The molecule has 1 heterocycles. The minimum atomic E-state index is -0.303. The summed E-state index contributed by atoms with van der Waals surface area (Å²) in [7, 11) is 0. The van der Waals surface area contributed by atoms with Crippen LogP contribution in [0.15, 0.2) is 11.0 Å². The highest BCUT2D eigenvalue weighted by molar-refractivity contribution is 6.32. The summed E-state index contributed by atoms with van der Waals surface area (Å²) in [5.74, 6) is -0.0413. The van der Waals surface area contributed by atoms with E-state index in [-0.39, 0.29) is 16.5 Å². The molecule has 0 aliphatic rings. The molecule has 0 bridgehead atoms. The Bertz CT molecular complexity index is 502. The predicted molar refractivity (Wildman–Crippen MR) is 80.2 cm³/mol. The normalized spacial score (nSPS) is 10.3. The van der Waals surface area contributed by atoms with Crippen molar-refractivity contribution in [1.82, 2.24) is 15.1 Å². The molecule has 7 heteroatoms. The van der Waals surface area contributed by atoms with Crippen LogP contribution in [0.3, 0.4) is 0 Å². The van der Waals surface area contributed by atoms with E-state index in [1.807, 2.05) is 13.8 Å². The van der Waals surface area contributed by atoms with E-state index in [0.717, 1.165) is 12.8 Å². The highest BCUT2D eigenvalue weighted by Gasteiger charge is 2.09. The van der Waals surface area contributed by atoms with Gasteiger partial charge < -0.3 is 10.6 Å². The minimum absolute atomic E-state index is 0.0413. The number of aryl methyl sites for hydroxylation is 1. The number of carbonyl (C=O) groups excluding carboxylic acids is 1. The number of nitrogens with one attached hydrogen (secondary N) is 2. The second kappa shape index (κ2) is 8.58. The quantitative estimate of drug-likeness (QED) is 0.765. The molecule has 20 heavy (non-hydrogen) atoms. The molecule has 0 saturated carbocycles. The molecule has 0 radical (unpaired) electrons. The molecule has 0 aliphatic heterocycles. The average molecular weight is 301 g/mol. The van der Waals surface area contributed by atoms with E-state index in [9.17, 15) is 9.59 Å². The number of aromatic nitrogens is 2. The van der Waals surface area contributed by atoms with Crippen molar-refractivity contribution in [3.05, 3.63) is 21.6 Å². The molecule has 0 aliphatic carbocycles. The standard InChI is InChI=1S/C13H21ClN4O2/c1-3-5-8-18-13(20)12(14)10(9-17-18)16-7-6-11(19)15-4-2/h9,16H,3-8H2,1-2H3,(H,15,19). The molecule has 2 N–H and O–H groups in total. The van der Waals surface area contributed by atoms with Gasteiger partial charge in [-0.05, 0) is 13.3 Å². The molecule has 1 amide bonds. The summed E-state index contributed by atoms with van der Waals surface area (Å²) in [5, 5.41) is 9.84. The Morgan fingerprint density at radius 3 is 2.85 bits per heavy atom. The van der Waals surface area contributed by atoms with Crippen LogP contribution in [0.2, 0.25) is 5.02 Å². The third kappa shape index (κ3) is 4.85. The van der Waals surface area contributed by atoms with Crippen LogP contribution in [0.4, 0.5) is 5.69 Å². The number of carbonyl (C=O) groups is 1. The third-order valence-corrected chi connectivity index (χ3v) is 3.12. The maximum Gasteiger partial charge on any atom is 0.287 e. The van der Waals surface area contributed by atoms with Crippen LogP contribution in [0.1, 0.15) is 33.1 Å². The molecule has 1 aromatic heterocycles. The zero-order valence-corrected chi connectivity index (χ0v) is 12.7. The number of rotatable bonds is 8. The van der Waals surface area contributed by atoms with E-state index in [1.165, 1.54) is 10.9 Å². The van der Waals surface area contributed by atoms with Crippen LogP contribution >= 0.6 is 11.6 Å². The average Bonchev–Trinajstić information content (AvgIpc) is 2.43. The second-order valence-corrected chi connectivity index (χ2v) is 4.76. The molecule has 112 valence electrons. The fourth-order valence-corrected chi connectivity index (χ4v) is 1.86. The molecular formula is C13H21ClN4O2. The van der Waals surface area contributed by atoms with Crippen molar-refractivity contribution >= 4 is 23.2 Å². The van der Waals surface area contributed by atoms with Crippen molar-refractivity contribution in [2.24, 2.45) is 0 Å². The van der Waals surface area contributed by atoms with Gasteiger partial charge in [0.25, 0.3) is 5.56 Å². The second-order valence-electron chi connectivity index (χ2n) is 4.38. The van der Waals surface area contributed by atoms with E-state index < -0.39 is 0 Å². The monoisotopic (exact) mass is 300 g/mol. The van der Waals surface area contributed by atoms with Gasteiger partial charge in [0.15, 0.2) is 0 Å². The first kappa shape index (κ1) is 16.5. The van der Waals surface area contributed by atoms with Crippen molar-refractivity contribution in [2.75, 3.05) is 18.4 Å². The number of anilines is 1. The molecule has 0 aromatic carbocycles. The third-order valence-electron chi connectivity index (χ3n) is 2.75. The summed E-state index contributed by atoms with van der Waals surface area (Å²) in [6.45, 7) is 5.49. The highest BCUT2D eigenvalue weighted by atomic mass is 35.5. The first-order chi connectivity index (χ1) is 9.60. The zero-order valence-electron chi connectivity index (χ0n) is 11.9. The van der Waals surface area contributed by atoms with Crippen LogP contribution in [0.5, 0.6) is 0 Å². The first-order valence-corrected chi connectivity index (χ1v) is 7.24. The van der Waals surface area contributed by atoms with E-state index in [4.69, 9.17) is 11.6 Å². The highest BCUT2D eigenvalue weighted by Crippen LogP contribution is 2.15. The van der Waals surface area contributed by atoms with Gasteiger partial charge in [0.2, 0.25) is 5.91 Å². The molecule has 0 saturated heterocycles. The van der Waals surface area contributed by atoms with E-state index >= 15 is 0 Å². The van der Waals surface area contributed by atoms with Gasteiger partial charge in [-0.2, -0.15) is 5.10 Å². The Kier molecular flexibility index (Phi) is 7.08. The number of amides is 1. The number of hydrogen-bond donors (Lipinski definition) is 2. The molecule has 0 atom stereocenters. The molecular weight excluding hydrogens is 280 g/mol. The lowest BCUT2D eigenvalue weighted by Crippen LogP contribution is -2.26. The van der Waals surface area contributed by atoms with Crippen molar-refractivity contribution in [3.8, 4) is 0 Å². The topological polar surface area (TPSA) is 76.0 Å². The van der Waals surface area contributed by atoms with Gasteiger partial charge in [-0.15, -0.1) is 0 Å². The summed E-state index contributed by atoms with van der Waals surface area (Å²) in [4.78, 5) is 23.2. The Labute approximate surface area is 123 Å². The van der Waals surface area contributed by atoms with Gasteiger partial charge in [-0.25, -0.2) is 4.68 Å². The SMILES string of the molecule is CCCCn1ncc(NCCC(=O)NCC)c(Cl)c1=O. The van der Waals surface area contributed by atoms with Crippen molar-refractivity contribution in [3.63, 3.8) is 0 Å². The lowest BCUT2D eigenvalue weighted by Gasteiger charge is -2.10. The summed E-state index contributed by atoms with van der Waals surface area (Å²) in [6, 6.07) is 0. The van der Waals surface area contributed by atoms with Crippen molar-refractivity contribution in [2.45, 2.75) is 39.7 Å². The molecule has 1 rings (SSSR count). The van der Waals surface area contributed by atoms with Crippen LogP contribution in [0, 0.1) is 0 Å². The Morgan fingerprint density at radius 2 is 2.20 bits per heavy atom. The lowest BCUT2D eigenvalue weighted by atomic mass is 10.3. The van der Waals surface area contributed by atoms with Gasteiger partial charge in [0, 0.05) is 26.1 Å².